The molecule has 0 aliphatic carbocycles. The molecule has 1 saturated heterocycles. The van der Waals surface area contributed by atoms with Crippen LogP contribution in [-0.4, -0.2) is 32.2 Å². The van der Waals surface area contributed by atoms with Crippen LogP contribution in [0.4, 0.5) is 11.4 Å². The van der Waals surface area contributed by atoms with Crippen LogP contribution in [0.2, 0.25) is 5.02 Å². The minimum atomic E-state index is -0.467. The van der Waals surface area contributed by atoms with Crippen molar-refractivity contribution in [2.75, 3.05) is 36.5 Å². The maximum Gasteiger partial charge on any atom is 0.266 e. The van der Waals surface area contributed by atoms with Gasteiger partial charge in [0.25, 0.3) is 5.91 Å². The summed E-state index contributed by atoms with van der Waals surface area (Å²) in [6.45, 7) is 3.49. The summed E-state index contributed by atoms with van der Waals surface area (Å²) in [4.78, 5) is 14.9. The van der Waals surface area contributed by atoms with E-state index >= 15 is 0 Å². The number of hydrogen-bond acceptors (Lipinski definition) is 5. The van der Waals surface area contributed by atoms with E-state index in [0.29, 0.717) is 41.8 Å². The number of ether oxygens (including phenoxy) is 2. The predicted molar refractivity (Wildman–Crippen MR) is 142 cm³/mol. The molecule has 35 heavy (non-hydrogen) atoms. The fraction of sp³-hybridized carbons (Fsp3) is 0.185. The van der Waals surface area contributed by atoms with Crippen molar-refractivity contribution < 1.29 is 14.3 Å². The molecule has 0 aromatic heterocycles. The van der Waals surface area contributed by atoms with E-state index < -0.39 is 5.91 Å². The quantitative estimate of drug-likeness (QED) is 0.285. The highest BCUT2D eigenvalue weighted by Crippen LogP contribution is 2.28. The summed E-state index contributed by atoms with van der Waals surface area (Å²) in [6, 6.07) is 22.4. The normalized spacial score (nSPS) is 13.7. The Bertz CT molecular complexity index is 1250. The van der Waals surface area contributed by atoms with E-state index in [2.05, 4.69) is 26.1 Å². The smallest absolute Gasteiger partial charge is 0.266 e. The van der Waals surface area contributed by atoms with Gasteiger partial charge in [-0.1, -0.05) is 29.8 Å². The molecule has 0 atom stereocenters. The molecule has 1 aliphatic heterocycles. The lowest BCUT2D eigenvalue weighted by molar-refractivity contribution is -0.112. The van der Waals surface area contributed by atoms with Crippen LogP contribution in [0.1, 0.15) is 11.1 Å². The van der Waals surface area contributed by atoms with Crippen LogP contribution in [0, 0.1) is 11.3 Å². The summed E-state index contributed by atoms with van der Waals surface area (Å²) < 4.78 is 12.0. The van der Waals surface area contributed by atoms with Crippen LogP contribution in [0.3, 0.4) is 0 Å². The first-order valence-electron chi connectivity index (χ1n) is 11.0. The van der Waals surface area contributed by atoms with Crippen molar-refractivity contribution in [2.45, 2.75) is 6.61 Å². The van der Waals surface area contributed by atoms with Crippen molar-refractivity contribution in [1.82, 2.24) is 0 Å². The third-order valence-corrected chi connectivity index (χ3v) is 6.31. The van der Waals surface area contributed by atoms with E-state index in [1.807, 2.05) is 54.6 Å². The molecule has 8 heteroatoms. The first-order valence-corrected chi connectivity index (χ1v) is 12.2. The lowest BCUT2D eigenvalue weighted by atomic mass is 10.1. The van der Waals surface area contributed by atoms with Crippen LogP contribution < -0.4 is 15.0 Å². The fourth-order valence-electron chi connectivity index (χ4n) is 3.56. The highest BCUT2D eigenvalue weighted by Gasteiger charge is 2.13. The Balaban J connectivity index is 1.39. The number of morpholine rings is 1. The van der Waals surface area contributed by atoms with Gasteiger partial charge in [0.05, 0.1) is 17.7 Å². The molecule has 3 aromatic rings. The molecule has 1 heterocycles. The van der Waals surface area contributed by atoms with Crippen molar-refractivity contribution in [3.8, 4) is 11.8 Å². The van der Waals surface area contributed by atoms with E-state index in [9.17, 15) is 10.1 Å². The fourth-order valence-corrected chi connectivity index (χ4v) is 4.19. The maximum atomic E-state index is 12.7. The molecule has 0 bridgehead atoms. The average Bonchev–Trinajstić information content (AvgIpc) is 2.88. The predicted octanol–water partition coefficient (Wildman–Crippen LogP) is 6.06. The Hall–Kier alpha value is -3.31. The Morgan fingerprint density at radius 3 is 2.49 bits per heavy atom. The summed E-state index contributed by atoms with van der Waals surface area (Å²) in [5.41, 5.74) is 3.40. The van der Waals surface area contributed by atoms with Gasteiger partial charge in [0.15, 0.2) is 0 Å². The Morgan fingerprint density at radius 1 is 1.11 bits per heavy atom. The molecule has 4 rings (SSSR count). The first-order chi connectivity index (χ1) is 17.0. The number of halogens is 2. The Labute approximate surface area is 217 Å². The molecule has 0 saturated carbocycles. The molecular weight excluding hydrogens is 530 g/mol. The van der Waals surface area contributed by atoms with Crippen molar-refractivity contribution in [3.63, 3.8) is 0 Å². The lowest BCUT2D eigenvalue weighted by Gasteiger charge is -2.28. The van der Waals surface area contributed by atoms with E-state index in [4.69, 9.17) is 21.1 Å². The van der Waals surface area contributed by atoms with Gasteiger partial charge < -0.3 is 19.7 Å². The van der Waals surface area contributed by atoms with Gasteiger partial charge in [-0.3, -0.25) is 4.79 Å². The number of nitrogens with one attached hydrogen (secondary N) is 1. The first kappa shape index (κ1) is 24.8. The number of nitriles is 1. The summed E-state index contributed by atoms with van der Waals surface area (Å²) in [6.07, 6.45) is 1.55. The van der Waals surface area contributed by atoms with E-state index in [-0.39, 0.29) is 5.57 Å². The van der Waals surface area contributed by atoms with Crippen molar-refractivity contribution in [1.29, 1.82) is 5.26 Å². The molecule has 1 amide bonds. The number of amides is 1. The zero-order valence-electron chi connectivity index (χ0n) is 18.8. The van der Waals surface area contributed by atoms with Gasteiger partial charge in [0, 0.05) is 29.5 Å². The molecule has 0 radical (unpaired) electrons. The SMILES string of the molecule is N#C/C(=C\c1ccc(OCc2ccc(Cl)cc2)c(Br)c1)C(=O)Nc1ccc(N2CCOCC2)cc1. The van der Waals surface area contributed by atoms with E-state index in [0.717, 1.165) is 28.8 Å². The third-order valence-electron chi connectivity index (χ3n) is 5.44. The van der Waals surface area contributed by atoms with Crippen molar-refractivity contribution >= 4 is 50.9 Å². The van der Waals surface area contributed by atoms with Gasteiger partial charge in [-0.25, -0.2) is 0 Å². The number of hydrogen-bond donors (Lipinski definition) is 1. The largest absolute Gasteiger partial charge is 0.488 e. The lowest BCUT2D eigenvalue weighted by Crippen LogP contribution is -2.36. The molecule has 178 valence electrons. The Morgan fingerprint density at radius 2 is 1.83 bits per heavy atom. The van der Waals surface area contributed by atoms with Gasteiger partial charge in [0.1, 0.15) is 24.0 Å². The maximum absolute atomic E-state index is 12.7. The second kappa shape index (κ2) is 11.9. The molecule has 3 aromatic carbocycles. The highest BCUT2D eigenvalue weighted by atomic mass is 79.9. The van der Waals surface area contributed by atoms with Crippen molar-refractivity contribution in [3.05, 3.63) is 92.9 Å². The molecule has 1 fully saturated rings. The number of benzene rings is 3. The van der Waals surface area contributed by atoms with Gasteiger partial charge in [-0.05, 0) is 81.7 Å². The van der Waals surface area contributed by atoms with Gasteiger partial charge in [-0.2, -0.15) is 5.26 Å². The van der Waals surface area contributed by atoms with Crippen molar-refractivity contribution in [2.24, 2.45) is 0 Å². The Kier molecular flexibility index (Phi) is 8.43. The standard InChI is InChI=1S/C27H23BrClN3O3/c28-25-16-20(3-10-26(25)35-18-19-1-4-22(29)5-2-19)15-21(17-30)27(33)31-23-6-8-24(9-7-23)32-11-13-34-14-12-32/h1-10,15-16H,11-14,18H2,(H,31,33)/b21-15+. The van der Waals surface area contributed by atoms with Crippen LogP contribution >= 0.6 is 27.5 Å². The second-order valence-electron chi connectivity index (χ2n) is 7.88. The summed E-state index contributed by atoms with van der Waals surface area (Å²) in [7, 11) is 0. The average molecular weight is 553 g/mol. The van der Waals surface area contributed by atoms with Crippen LogP contribution in [-0.2, 0) is 16.1 Å². The molecule has 1 aliphatic rings. The minimum Gasteiger partial charge on any atom is -0.488 e. The number of anilines is 2. The number of nitrogens with zero attached hydrogens (tertiary/aromatic N) is 2. The minimum absolute atomic E-state index is 0.00369. The van der Waals surface area contributed by atoms with E-state index in [1.54, 1.807) is 24.3 Å². The zero-order chi connectivity index (χ0) is 24.6. The summed E-state index contributed by atoms with van der Waals surface area (Å²) in [5.74, 6) is 0.186. The third kappa shape index (κ3) is 6.86. The summed E-state index contributed by atoms with van der Waals surface area (Å²) in [5, 5.41) is 13.0. The zero-order valence-corrected chi connectivity index (χ0v) is 21.2. The van der Waals surface area contributed by atoms with Crippen LogP contribution in [0.5, 0.6) is 5.75 Å². The monoisotopic (exact) mass is 551 g/mol. The second-order valence-corrected chi connectivity index (χ2v) is 9.17. The van der Waals surface area contributed by atoms with Gasteiger partial charge in [-0.15, -0.1) is 0 Å². The van der Waals surface area contributed by atoms with Gasteiger partial charge >= 0.3 is 0 Å². The van der Waals surface area contributed by atoms with Crippen LogP contribution in [0.15, 0.2) is 76.8 Å². The highest BCUT2D eigenvalue weighted by molar-refractivity contribution is 9.10. The molecule has 0 unspecified atom stereocenters. The van der Waals surface area contributed by atoms with Crippen LogP contribution in [0.25, 0.3) is 6.08 Å². The number of carbonyl (C=O) groups excluding carboxylic acids is 1. The molecule has 6 nitrogen and oxygen atoms in total. The summed E-state index contributed by atoms with van der Waals surface area (Å²) >= 11 is 9.42. The number of carbonyl (C=O) groups is 1. The molecule has 0 spiro atoms. The topological polar surface area (TPSA) is 74.6 Å². The van der Waals surface area contributed by atoms with Gasteiger partial charge in [0.2, 0.25) is 0 Å². The van der Waals surface area contributed by atoms with E-state index in [1.165, 1.54) is 0 Å². The molecular formula is C27H23BrClN3O3. The molecule has 1 N–H and O–H groups in total. The number of rotatable bonds is 7.